The van der Waals surface area contributed by atoms with Crippen LogP contribution in [0.25, 0.3) is 0 Å². The summed E-state index contributed by atoms with van der Waals surface area (Å²) in [5.41, 5.74) is 1.41. The van der Waals surface area contributed by atoms with Gasteiger partial charge in [0.05, 0.1) is 6.10 Å². The SMILES string of the molecule is C=C[C@@H](CCCc1ccccc1)OCCC[Si](C)(C)C. The molecule has 1 nitrogen and oxygen atoms in total. The molecule has 0 aliphatic rings. The van der Waals surface area contributed by atoms with Gasteiger partial charge in [-0.2, -0.15) is 0 Å². The Balaban J connectivity index is 2.15. The number of hydrogen-bond donors (Lipinski definition) is 0. The first-order chi connectivity index (χ1) is 9.51. The first kappa shape index (κ1) is 17.2. The molecule has 112 valence electrons. The molecule has 0 aromatic heterocycles. The smallest absolute Gasteiger partial charge is 0.0753 e. The zero-order valence-electron chi connectivity index (χ0n) is 13.4. The summed E-state index contributed by atoms with van der Waals surface area (Å²) < 4.78 is 5.93. The van der Waals surface area contributed by atoms with E-state index in [4.69, 9.17) is 4.74 Å². The maximum absolute atomic E-state index is 5.93. The average Bonchev–Trinajstić information content (AvgIpc) is 2.41. The average molecular weight is 291 g/mol. The molecule has 20 heavy (non-hydrogen) atoms. The third kappa shape index (κ3) is 8.34. The van der Waals surface area contributed by atoms with Crippen LogP contribution in [0.2, 0.25) is 25.7 Å². The fraction of sp³-hybridized carbons (Fsp3) is 0.556. The third-order valence-electron chi connectivity index (χ3n) is 3.46. The van der Waals surface area contributed by atoms with E-state index in [9.17, 15) is 0 Å². The van der Waals surface area contributed by atoms with Gasteiger partial charge in [-0.15, -0.1) is 6.58 Å². The van der Waals surface area contributed by atoms with Gasteiger partial charge >= 0.3 is 0 Å². The molecule has 2 heteroatoms. The molecule has 1 atom stereocenters. The van der Waals surface area contributed by atoms with Crippen LogP contribution in [0, 0.1) is 0 Å². The van der Waals surface area contributed by atoms with E-state index < -0.39 is 8.07 Å². The molecule has 0 amide bonds. The van der Waals surface area contributed by atoms with Crippen molar-refractivity contribution in [2.24, 2.45) is 0 Å². The van der Waals surface area contributed by atoms with Crippen molar-refractivity contribution in [1.29, 1.82) is 0 Å². The molecular weight excluding hydrogens is 260 g/mol. The van der Waals surface area contributed by atoms with Crippen LogP contribution in [-0.4, -0.2) is 20.8 Å². The van der Waals surface area contributed by atoms with Crippen LogP contribution in [0.5, 0.6) is 0 Å². The number of benzene rings is 1. The Morgan fingerprint density at radius 1 is 1.15 bits per heavy atom. The largest absolute Gasteiger partial charge is 0.374 e. The topological polar surface area (TPSA) is 9.23 Å². The third-order valence-corrected chi connectivity index (χ3v) is 5.32. The Bertz CT molecular complexity index is 367. The quantitative estimate of drug-likeness (QED) is 0.322. The van der Waals surface area contributed by atoms with E-state index in [2.05, 4.69) is 56.6 Å². The lowest BCUT2D eigenvalue weighted by Gasteiger charge is -2.17. The van der Waals surface area contributed by atoms with Crippen molar-refractivity contribution in [2.45, 2.75) is 57.5 Å². The Morgan fingerprint density at radius 3 is 2.45 bits per heavy atom. The molecule has 0 aliphatic carbocycles. The number of hydrogen-bond acceptors (Lipinski definition) is 1. The van der Waals surface area contributed by atoms with Crippen molar-refractivity contribution in [3.63, 3.8) is 0 Å². The Morgan fingerprint density at radius 2 is 1.85 bits per heavy atom. The standard InChI is InChI=1S/C18H30OSi/c1-5-18(19-15-10-16-20(2,3)4)14-9-13-17-11-7-6-8-12-17/h5-8,11-12,18H,1,9-10,13-16H2,2-4H3/t18-/m0/s1. The van der Waals surface area contributed by atoms with Crippen LogP contribution in [0.3, 0.4) is 0 Å². The molecule has 0 spiro atoms. The highest BCUT2D eigenvalue weighted by molar-refractivity contribution is 6.76. The Labute approximate surface area is 126 Å². The van der Waals surface area contributed by atoms with Crippen molar-refractivity contribution in [1.82, 2.24) is 0 Å². The summed E-state index contributed by atoms with van der Waals surface area (Å²) in [5, 5.41) is 0. The summed E-state index contributed by atoms with van der Waals surface area (Å²) in [6.45, 7) is 12.0. The van der Waals surface area contributed by atoms with Crippen LogP contribution >= 0.6 is 0 Å². The van der Waals surface area contributed by atoms with Crippen LogP contribution in [0.4, 0.5) is 0 Å². The molecule has 0 saturated heterocycles. The van der Waals surface area contributed by atoms with Gasteiger partial charge in [-0.25, -0.2) is 0 Å². The van der Waals surface area contributed by atoms with E-state index in [1.54, 1.807) is 0 Å². The second-order valence-electron chi connectivity index (χ2n) is 6.69. The van der Waals surface area contributed by atoms with Gasteiger partial charge in [-0.05, 0) is 31.2 Å². The predicted molar refractivity (Wildman–Crippen MR) is 92.1 cm³/mol. The molecule has 0 saturated carbocycles. The number of ether oxygens (including phenoxy) is 1. The summed E-state index contributed by atoms with van der Waals surface area (Å²) >= 11 is 0. The highest BCUT2D eigenvalue weighted by Gasteiger charge is 2.12. The first-order valence-corrected chi connectivity index (χ1v) is 11.5. The van der Waals surface area contributed by atoms with E-state index in [-0.39, 0.29) is 6.10 Å². The Hall–Kier alpha value is -0.863. The molecular formula is C18H30OSi. The maximum Gasteiger partial charge on any atom is 0.0753 e. The normalized spacial score (nSPS) is 13.2. The van der Waals surface area contributed by atoms with Crippen LogP contribution in [0.15, 0.2) is 43.0 Å². The molecule has 0 fully saturated rings. The molecule has 0 heterocycles. The second kappa shape index (κ2) is 9.14. The van der Waals surface area contributed by atoms with Crippen LogP contribution in [-0.2, 0) is 11.2 Å². The van der Waals surface area contributed by atoms with E-state index >= 15 is 0 Å². The molecule has 0 unspecified atom stereocenters. The van der Waals surface area contributed by atoms with E-state index in [1.165, 1.54) is 18.0 Å². The van der Waals surface area contributed by atoms with Gasteiger partial charge in [-0.3, -0.25) is 0 Å². The lowest BCUT2D eigenvalue weighted by molar-refractivity contribution is 0.0787. The van der Waals surface area contributed by atoms with E-state index in [0.29, 0.717) is 0 Å². The van der Waals surface area contributed by atoms with Gasteiger partial charge in [0.25, 0.3) is 0 Å². The summed E-state index contributed by atoms with van der Waals surface area (Å²) in [6, 6.07) is 12.0. The number of rotatable bonds is 10. The molecule has 1 aromatic carbocycles. The fourth-order valence-electron chi connectivity index (χ4n) is 2.26. The summed E-state index contributed by atoms with van der Waals surface area (Å²) in [6.07, 6.45) is 6.74. The molecule has 0 N–H and O–H groups in total. The van der Waals surface area contributed by atoms with Gasteiger partial charge in [0, 0.05) is 14.7 Å². The van der Waals surface area contributed by atoms with E-state index in [0.717, 1.165) is 25.9 Å². The minimum Gasteiger partial charge on any atom is -0.374 e. The lowest BCUT2D eigenvalue weighted by Crippen LogP contribution is -2.20. The van der Waals surface area contributed by atoms with Gasteiger partial charge in [0.15, 0.2) is 0 Å². The summed E-state index contributed by atoms with van der Waals surface area (Å²) in [5.74, 6) is 0. The maximum atomic E-state index is 5.93. The van der Waals surface area contributed by atoms with Gasteiger partial charge < -0.3 is 4.74 Å². The van der Waals surface area contributed by atoms with Crippen LogP contribution in [0.1, 0.15) is 24.8 Å². The fourth-order valence-corrected chi connectivity index (χ4v) is 3.46. The zero-order valence-corrected chi connectivity index (χ0v) is 14.4. The first-order valence-electron chi connectivity index (χ1n) is 7.79. The highest BCUT2D eigenvalue weighted by atomic mass is 28.3. The van der Waals surface area contributed by atoms with Crippen molar-refractivity contribution >= 4 is 8.07 Å². The minimum atomic E-state index is -0.915. The summed E-state index contributed by atoms with van der Waals surface area (Å²) in [4.78, 5) is 0. The van der Waals surface area contributed by atoms with Crippen LogP contribution < -0.4 is 0 Å². The number of aryl methyl sites for hydroxylation is 1. The molecule has 0 aliphatic heterocycles. The lowest BCUT2D eigenvalue weighted by atomic mass is 10.1. The Kier molecular flexibility index (Phi) is 7.86. The molecule has 1 aromatic rings. The molecule has 1 rings (SSSR count). The van der Waals surface area contributed by atoms with Crippen molar-refractivity contribution < 1.29 is 4.74 Å². The van der Waals surface area contributed by atoms with Gasteiger partial charge in [0.2, 0.25) is 0 Å². The molecule has 0 bridgehead atoms. The van der Waals surface area contributed by atoms with Gasteiger partial charge in [-0.1, -0.05) is 62.1 Å². The van der Waals surface area contributed by atoms with Crippen molar-refractivity contribution in [3.05, 3.63) is 48.6 Å². The summed E-state index contributed by atoms with van der Waals surface area (Å²) in [7, 11) is -0.915. The molecule has 0 radical (unpaired) electrons. The predicted octanol–water partition coefficient (Wildman–Crippen LogP) is 5.31. The van der Waals surface area contributed by atoms with E-state index in [1.807, 2.05) is 6.08 Å². The zero-order chi connectivity index (χ0) is 14.8. The minimum absolute atomic E-state index is 0.223. The monoisotopic (exact) mass is 290 g/mol. The second-order valence-corrected chi connectivity index (χ2v) is 12.3. The van der Waals surface area contributed by atoms with Gasteiger partial charge in [0.1, 0.15) is 0 Å². The van der Waals surface area contributed by atoms with Crippen molar-refractivity contribution in [2.75, 3.05) is 6.61 Å². The highest BCUT2D eigenvalue weighted by Crippen LogP contribution is 2.13. The van der Waals surface area contributed by atoms with Crippen molar-refractivity contribution in [3.8, 4) is 0 Å².